The SMILES string of the molecule is NC(=O)c1ncn([C@@H]2O[C@H](COP(=O)(O)F)C(=O)[C@H]2O)n1. The molecule has 1 saturated heterocycles. The summed E-state index contributed by atoms with van der Waals surface area (Å²) < 4.78 is 32.6. The number of ketones is 1. The standard InChI is InChI=1S/C8H10FN4O7P/c9-21(17,18)19-1-3-4(14)5(15)8(20-3)13-2-11-7(12-13)6(10)16/h2-3,5,8,15H,1H2,(H2,10,16)(H,17,18)/t3-,5-,8-/m1/s1. The van der Waals surface area contributed by atoms with Crippen molar-refractivity contribution >= 4 is 19.6 Å². The fourth-order valence-corrected chi connectivity index (χ4v) is 1.96. The van der Waals surface area contributed by atoms with Crippen LogP contribution in [0.2, 0.25) is 0 Å². The quantitative estimate of drug-likeness (QED) is 0.534. The summed E-state index contributed by atoms with van der Waals surface area (Å²) in [5.74, 6) is -2.18. The molecule has 0 spiro atoms. The number of hydrogen-bond donors (Lipinski definition) is 3. The molecule has 1 aromatic heterocycles. The van der Waals surface area contributed by atoms with Crippen LogP contribution in [0.15, 0.2) is 6.33 Å². The molecule has 1 amide bonds. The largest absolute Gasteiger partial charge is 0.510 e. The highest BCUT2D eigenvalue weighted by molar-refractivity contribution is 7.46. The van der Waals surface area contributed by atoms with Gasteiger partial charge >= 0.3 is 7.91 Å². The molecule has 4 N–H and O–H groups in total. The molecule has 0 saturated carbocycles. The first-order chi connectivity index (χ1) is 9.69. The van der Waals surface area contributed by atoms with Crippen LogP contribution in [0.5, 0.6) is 0 Å². The third-order valence-electron chi connectivity index (χ3n) is 2.56. The number of nitrogens with zero attached hydrogens (tertiary/aromatic N) is 3. The summed E-state index contributed by atoms with van der Waals surface area (Å²) in [7, 11) is -5.27. The average molecular weight is 324 g/mol. The zero-order valence-corrected chi connectivity index (χ0v) is 11.1. The molecule has 4 atom stereocenters. The lowest BCUT2D eigenvalue weighted by molar-refractivity contribution is -0.128. The van der Waals surface area contributed by atoms with E-state index in [9.17, 15) is 23.5 Å². The van der Waals surface area contributed by atoms with Crippen molar-refractivity contribution < 1.29 is 37.6 Å². The molecule has 0 bridgehead atoms. The van der Waals surface area contributed by atoms with Gasteiger partial charge in [0.2, 0.25) is 5.82 Å². The smallest absolute Gasteiger partial charge is 0.380 e. The minimum atomic E-state index is -5.27. The van der Waals surface area contributed by atoms with Crippen molar-refractivity contribution in [1.29, 1.82) is 0 Å². The van der Waals surface area contributed by atoms with Gasteiger partial charge in [-0.05, 0) is 0 Å². The summed E-state index contributed by atoms with van der Waals surface area (Å²) >= 11 is 0. The van der Waals surface area contributed by atoms with Crippen molar-refractivity contribution in [3.05, 3.63) is 12.2 Å². The fraction of sp³-hybridized carbons (Fsp3) is 0.500. The highest BCUT2D eigenvalue weighted by atomic mass is 31.2. The highest BCUT2D eigenvalue weighted by Crippen LogP contribution is 2.44. The summed E-state index contributed by atoms with van der Waals surface area (Å²) in [6.45, 7) is -0.867. The third-order valence-corrected chi connectivity index (χ3v) is 3.02. The van der Waals surface area contributed by atoms with Gasteiger partial charge < -0.3 is 15.6 Å². The molecule has 1 aliphatic rings. The number of primary amides is 1. The van der Waals surface area contributed by atoms with E-state index in [2.05, 4.69) is 14.6 Å². The summed E-state index contributed by atoms with van der Waals surface area (Å²) in [6.07, 6.45) is -3.51. The van der Waals surface area contributed by atoms with Crippen LogP contribution >= 0.6 is 7.91 Å². The zero-order chi connectivity index (χ0) is 15.8. The van der Waals surface area contributed by atoms with Crippen molar-refractivity contribution in [2.45, 2.75) is 18.4 Å². The summed E-state index contributed by atoms with van der Waals surface area (Å²) in [5.41, 5.74) is 4.94. The molecule has 13 heteroatoms. The number of nitrogens with two attached hydrogens (primary N) is 1. The number of carbonyl (C=O) groups is 2. The minimum Gasteiger partial charge on any atom is -0.380 e. The summed E-state index contributed by atoms with van der Waals surface area (Å²) in [5, 5.41) is 13.3. The monoisotopic (exact) mass is 324 g/mol. The lowest BCUT2D eigenvalue weighted by atomic mass is 10.2. The maximum absolute atomic E-state index is 12.4. The third kappa shape index (κ3) is 3.49. The molecule has 116 valence electrons. The van der Waals surface area contributed by atoms with Gasteiger partial charge in [-0.3, -0.25) is 19.0 Å². The number of halogens is 1. The minimum absolute atomic E-state index is 0.360. The van der Waals surface area contributed by atoms with E-state index < -0.39 is 44.6 Å². The van der Waals surface area contributed by atoms with Gasteiger partial charge in [0.15, 0.2) is 18.1 Å². The van der Waals surface area contributed by atoms with Crippen molar-refractivity contribution in [3.63, 3.8) is 0 Å². The molecule has 21 heavy (non-hydrogen) atoms. The summed E-state index contributed by atoms with van der Waals surface area (Å²) in [6, 6.07) is 0. The van der Waals surface area contributed by atoms with E-state index in [1.807, 2.05) is 0 Å². The first-order valence-corrected chi connectivity index (χ1v) is 6.91. The van der Waals surface area contributed by atoms with Crippen molar-refractivity contribution in [1.82, 2.24) is 14.8 Å². The highest BCUT2D eigenvalue weighted by Gasteiger charge is 2.45. The Morgan fingerprint density at radius 2 is 2.33 bits per heavy atom. The second-order valence-electron chi connectivity index (χ2n) is 4.02. The van der Waals surface area contributed by atoms with Gasteiger partial charge in [0.05, 0.1) is 6.61 Å². The average Bonchev–Trinajstić information content (AvgIpc) is 2.94. The van der Waals surface area contributed by atoms with Crippen LogP contribution in [0, 0.1) is 0 Å². The first kappa shape index (κ1) is 15.7. The van der Waals surface area contributed by atoms with Crippen LogP contribution in [0.3, 0.4) is 0 Å². The van der Waals surface area contributed by atoms with Crippen LogP contribution in [0.4, 0.5) is 4.20 Å². The Balaban J connectivity index is 2.10. The summed E-state index contributed by atoms with van der Waals surface area (Å²) in [4.78, 5) is 34.4. The Hall–Kier alpha value is -1.72. The molecule has 0 aromatic carbocycles. The zero-order valence-electron chi connectivity index (χ0n) is 10.2. The molecule has 11 nitrogen and oxygen atoms in total. The van der Waals surface area contributed by atoms with Gasteiger partial charge in [-0.2, -0.15) is 0 Å². The number of aromatic nitrogens is 3. The van der Waals surface area contributed by atoms with Gasteiger partial charge in [-0.25, -0.2) is 14.2 Å². The van der Waals surface area contributed by atoms with Crippen LogP contribution < -0.4 is 5.73 Å². The van der Waals surface area contributed by atoms with E-state index >= 15 is 0 Å². The number of Topliss-reactive ketones (excluding diaryl/α,β-unsaturated/α-hetero) is 1. The van der Waals surface area contributed by atoms with Gasteiger partial charge in [0, 0.05) is 0 Å². The Morgan fingerprint density at radius 1 is 1.67 bits per heavy atom. The van der Waals surface area contributed by atoms with Gasteiger partial charge in [-0.15, -0.1) is 9.30 Å². The molecule has 2 rings (SSSR count). The predicted octanol–water partition coefficient (Wildman–Crippen LogP) is -1.71. The lowest BCUT2D eigenvalue weighted by Gasteiger charge is -2.13. The second-order valence-corrected chi connectivity index (χ2v) is 5.18. The maximum Gasteiger partial charge on any atom is 0.510 e. The number of amides is 1. The Labute approximate surface area is 116 Å². The van der Waals surface area contributed by atoms with E-state index in [0.717, 1.165) is 11.0 Å². The molecule has 1 fully saturated rings. The van der Waals surface area contributed by atoms with Crippen LogP contribution in [-0.4, -0.2) is 55.3 Å². The maximum atomic E-state index is 12.4. The fourth-order valence-electron chi connectivity index (χ4n) is 1.64. The second kappa shape index (κ2) is 5.58. The predicted molar refractivity (Wildman–Crippen MR) is 60.3 cm³/mol. The van der Waals surface area contributed by atoms with E-state index in [4.69, 9.17) is 15.4 Å². The van der Waals surface area contributed by atoms with Crippen molar-refractivity contribution in [2.24, 2.45) is 5.73 Å². The number of aliphatic hydroxyl groups excluding tert-OH is 1. The van der Waals surface area contributed by atoms with Crippen molar-refractivity contribution in [3.8, 4) is 0 Å². The van der Waals surface area contributed by atoms with E-state index in [1.165, 1.54) is 0 Å². The first-order valence-electron chi connectivity index (χ1n) is 5.44. The molecule has 1 aromatic rings. The molecule has 2 heterocycles. The van der Waals surface area contributed by atoms with Gasteiger partial charge in [0.25, 0.3) is 5.91 Å². The molecular weight excluding hydrogens is 314 g/mol. The van der Waals surface area contributed by atoms with E-state index in [-0.39, 0.29) is 5.82 Å². The van der Waals surface area contributed by atoms with Crippen LogP contribution in [0.1, 0.15) is 16.8 Å². The molecular formula is C8H10FN4O7P. The van der Waals surface area contributed by atoms with Gasteiger partial charge in [-0.1, -0.05) is 0 Å². The van der Waals surface area contributed by atoms with Crippen molar-refractivity contribution in [2.75, 3.05) is 6.61 Å². The number of ether oxygens (including phenoxy) is 1. The van der Waals surface area contributed by atoms with Crippen LogP contribution in [-0.2, 0) is 18.6 Å². The Morgan fingerprint density at radius 3 is 2.86 bits per heavy atom. The number of carbonyl (C=O) groups excluding carboxylic acids is 2. The van der Waals surface area contributed by atoms with Gasteiger partial charge in [0.1, 0.15) is 12.4 Å². The van der Waals surface area contributed by atoms with E-state index in [1.54, 1.807) is 0 Å². The number of aliphatic hydroxyl groups is 1. The van der Waals surface area contributed by atoms with E-state index in [0.29, 0.717) is 0 Å². The van der Waals surface area contributed by atoms with Crippen LogP contribution in [0.25, 0.3) is 0 Å². The normalized spacial score (nSPS) is 28.5. The lowest BCUT2D eigenvalue weighted by Crippen LogP contribution is -2.28. The molecule has 0 aliphatic carbocycles. The number of hydrogen-bond acceptors (Lipinski definition) is 8. The number of rotatable bonds is 5. The molecule has 1 aliphatic heterocycles. The molecule has 0 radical (unpaired) electrons. The topological polar surface area (TPSA) is 167 Å². The Kier molecular flexibility index (Phi) is 4.16. The Bertz CT molecular complexity index is 616. The molecule has 1 unspecified atom stereocenters.